The van der Waals surface area contributed by atoms with Crippen LogP contribution in [0.3, 0.4) is 0 Å². The molecule has 0 radical (unpaired) electrons. The zero-order chi connectivity index (χ0) is 17.6. The van der Waals surface area contributed by atoms with Gasteiger partial charge in [0.15, 0.2) is 11.4 Å². The monoisotopic (exact) mass is 322 g/mol. The molecule has 0 amide bonds. The van der Waals surface area contributed by atoms with E-state index >= 15 is 0 Å². The molecule has 0 atom stereocenters. The number of rotatable bonds is 6. The lowest BCUT2D eigenvalue weighted by Crippen LogP contribution is -2.13. The van der Waals surface area contributed by atoms with Crippen molar-refractivity contribution in [2.24, 2.45) is 10.2 Å². The molecule has 1 aromatic rings. The molecule has 1 rings (SSSR count). The largest absolute Gasteiger partial charge is 0.874 e. The van der Waals surface area contributed by atoms with Crippen LogP contribution in [0, 0.1) is 10.1 Å². The lowest BCUT2D eigenvalue weighted by atomic mass is 10.2. The minimum absolute atomic E-state index is 0.0125. The third kappa shape index (κ3) is 4.59. The number of nitrogens with zero attached hydrogens (tertiary/aromatic N) is 3. The molecule has 0 aliphatic heterocycles. The topological polar surface area (TPSA) is 155 Å². The van der Waals surface area contributed by atoms with Gasteiger partial charge in [-0.1, -0.05) is 12.7 Å². The summed E-state index contributed by atoms with van der Waals surface area (Å²) in [5.74, 6) is -3.08. The molecule has 0 saturated carbocycles. The highest BCUT2D eigenvalue weighted by molar-refractivity contribution is 5.90. The fourth-order valence-electron chi connectivity index (χ4n) is 1.45. The highest BCUT2D eigenvalue weighted by atomic mass is 16.6. The predicted molar refractivity (Wildman–Crippen MR) is 73.9 cm³/mol. The van der Waals surface area contributed by atoms with Crippen molar-refractivity contribution in [1.82, 2.24) is 0 Å². The number of azo groups is 1. The van der Waals surface area contributed by atoms with Gasteiger partial charge >= 0.3 is 11.9 Å². The van der Waals surface area contributed by atoms with E-state index in [1.807, 2.05) is 0 Å². The summed E-state index contributed by atoms with van der Waals surface area (Å²) in [7, 11) is 0. The molecule has 0 aliphatic rings. The standard InChI is InChI=1S/C13H13N3O7/c1-3-23-13(20)11(7(2)17)15-14-9-5-4-8(12(18)19)6-10(9)16(21)22/h4-6,17H,3H2,1-2H3,(H,18,19)/p-1/b11-7+,15-14?. The van der Waals surface area contributed by atoms with E-state index in [-0.39, 0.29) is 17.9 Å². The lowest BCUT2D eigenvalue weighted by Gasteiger charge is -2.09. The summed E-state index contributed by atoms with van der Waals surface area (Å²) < 4.78 is 4.62. The van der Waals surface area contributed by atoms with Crippen molar-refractivity contribution < 1.29 is 29.5 Å². The van der Waals surface area contributed by atoms with Crippen molar-refractivity contribution in [2.75, 3.05) is 6.61 Å². The average Bonchev–Trinajstić information content (AvgIpc) is 2.47. The summed E-state index contributed by atoms with van der Waals surface area (Å²) in [4.78, 5) is 32.4. The first-order chi connectivity index (χ1) is 10.8. The fraction of sp³-hybridized carbons (Fsp3) is 0.231. The molecule has 1 aromatic carbocycles. The molecule has 23 heavy (non-hydrogen) atoms. The zero-order valence-corrected chi connectivity index (χ0v) is 12.2. The molecule has 10 nitrogen and oxygen atoms in total. The van der Waals surface area contributed by atoms with Crippen molar-refractivity contribution in [3.63, 3.8) is 0 Å². The van der Waals surface area contributed by atoms with E-state index in [9.17, 15) is 24.8 Å². The Morgan fingerprint density at radius 1 is 1.39 bits per heavy atom. The number of carbonyl (C=O) groups is 2. The van der Waals surface area contributed by atoms with E-state index in [1.54, 1.807) is 0 Å². The molecule has 0 heterocycles. The second kappa shape index (κ2) is 7.64. The number of hydrogen-bond acceptors (Lipinski definition) is 8. The molecule has 1 N–H and O–H groups in total. The molecular weight excluding hydrogens is 310 g/mol. The van der Waals surface area contributed by atoms with E-state index in [1.165, 1.54) is 6.92 Å². The Hall–Kier alpha value is -3.30. The molecule has 10 heteroatoms. The van der Waals surface area contributed by atoms with Crippen molar-refractivity contribution in [1.29, 1.82) is 0 Å². The Labute approximate surface area is 129 Å². The van der Waals surface area contributed by atoms with Crippen LogP contribution in [0.1, 0.15) is 24.2 Å². The van der Waals surface area contributed by atoms with Gasteiger partial charge in [-0.05, 0) is 19.1 Å². The van der Waals surface area contributed by atoms with Crippen LogP contribution in [0.15, 0.2) is 39.9 Å². The Bertz CT molecular complexity index is 706. The number of carboxylic acid groups (broad SMARTS) is 1. The third-order valence-electron chi connectivity index (χ3n) is 2.48. The number of esters is 1. The number of carbonyl (C=O) groups excluding carboxylic acids is 1. The highest BCUT2D eigenvalue weighted by Gasteiger charge is 2.18. The zero-order valence-electron chi connectivity index (χ0n) is 12.2. The van der Waals surface area contributed by atoms with Crippen molar-refractivity contribution in [3.05, 3.63) is 45.3 Å². The van der Waals surface area contributed by atoms with E-state index in [4.69, 9.17) is 5.11 Å². The van der Waals surface area contributed by atoms with E-state index < -0.39 is 34.0 Å². The molecular formula is C13H12N3O7-. The maximum atomic E-state index is 11.5. The van der Waals surface area contributed by atoms with Crippen LogP contribution >= 0.6 is 0 Å². The average molecular weight is 322 g/mol. The van der Waals surface area contributed by atoms with Crippen molar-refractivity contribution in [2.45, 2.75) is 13.8 Å². The molecule has 0 aromatic heterocycles. The maximum absolute atomic E-state index is 11.5. The quantitative estimate of drug-likeness (QED) is 0.208. The van der Waals surface area contributed by atoms with Crippen molar-refractivity contribution in [3.8, 4) is 0 Å². The van der Waals surface area contributed by atoms with Gasteiger partial charge in [-0.15, -0.1) is 10.2 Å². The van der Waals surface area contributed by atoms with Crippen LogP contribution in [0.25, 0.3) is 0 Å². The third-order valence-corrected chi connectivity index (χ3v) is 2.48. The number of carboxylic acids is 1. The van der Waals surface area contributed by atoms with Gasteiger partial charge in [0.2, 0.25) is 0 Å². The molecule has 0 aliphatic carbocycles. The van der Waals surface area contributed by atoms with Crippen molar-refractivity contribution >= 4 is 23.3 Å². The summed E-state index contributed by atoms with van der Waals surface area (Å²) in [6, 6.07) is 2.93. The molecule has 0 spiro atoms. The van der Waals surface area contributed by atoms with Crippen LogP contribution in [0.2, 0.25) is 0 Å². The van der Waals surface area contributed by atoms with Crippen LogP contribution in [0.4, 0.5) is 11.4 Å². The van der Waals surface area contributed by atoms with Gasteiger partial charge < -0.3 is 14.9 Å². The Morgan fingerprint density at radius 3 is 2.52 bits per heavy atom. The number of benzene rings is 1. The van der Waals surface area contributed by atoms with Crippen LogP contribution in [-0.4, -0.2) is 28.6 Å². The number of nitro groups is 1. The Kier molecular flexibility index (Phi) is 5.89. The summed E-state index contributed by atoms with van der Waals surface area (Å²) in [6.07, 6.45) is 0. The number of ether oxygens (including phenoxy) is 1. The smallest absolute Gasteiger partial charge is 0.357 e. The maximum Gasteiger partial charge on any atom is 0.357 e. The SMILES string of the molecule is CCOC(=O)/C(N=Nc1ccc(C(=O)O)cc1[N+](=O)[O-])=C(/C)[O-]. The second-order valence-corrected chi connectivity index (χ2v) is 4.09. The summed E-state index contributed by atoms with van der Waals surface area (Å²) >= 11 is 0. The number of allylic oxidation sites excluding steroid dienone is 1. The number of aromatic carboxylic acids is 1. The normalized spacial score (nSPS) is 11.9. The first kappa shape index (κ1) is 17.8. The van der Waals surface area contributed by atoms with E-state index in [0.717, 1.165) is 25.1 Å². The van der Waals surface area contributed by atoms with Crippen LogP contribution in [-0.2, 0) is 9.53 Å². The minimum Gasteiger partial charge on any atom is -0.874 e. The van der Waals surface area contributed by atoms with Gasteiger partial charge in [-0.3, -0.25) is 10.1 Å². The molecule has 0 bridgehead atoms. The Balaban J connectivity index is 3.26. The number of nitro benzene ring substituents is 1. The second-order valence-electron chi connectivity index (χ2n) is 4.09. The van der Waals surface area contributed by atoms with Gasteiger partial charge in [-0.25, -0.2) is 9.59 Å². The summed E-state index contributed by atoms with van der Waals surface area (Å²) in [5, 5.41) is 38.0. The van der Waals surface area contributed by atoms with Crippen LogP contribution in [0.5, 0.6) is 0 Å². The van der Waals surface area contributed by atoms with Gasteiger partial charge in [0.25, 0.3) is 5.69 Å². The summed E-state index contributed by atoms with van der Waals surface area (Å²) in [5.41, 5.74) is -1.86. The van der Waals surface area contributed by atoms with Gasteiger partial charge in [0.1, 0.15) is 0 Å². The highest BCUT2D eigenvalue weighted by Crippen LogP contribution is 2.29. The first-order valence-corrected chi connectivity index (χ1v) is 6.26. The van der Waals surface area contributed by atoms with Crippen LogP contribution < -0.4 is 5.11 Å². The lowest BCUT2D eigenvalue weighted by molar-refractivity contribution is -0.384. The minimum atomic E-state index is -1.35. The van der Waals surface area contributed by atoms with E-state index in [2.05, 4.69) is 15.0 Å². The van der Waals surface area contributed by atoms with E-state index in [0.29, 0.717) is 0 Å². The molecule has 0 fully saturated rings. The molecule has 0 saturated heterocycles. The van der Waals surface area contributed by atoms with Gasteiger partial charge in [0, 0.05) is 6.07 Å². The Morgan fingerprint density at radius 2 is 2.04 bits per heavy atom. The number of hydrogen-bond donors (Lipinski definition) is 1. The molecule has 122 valence electrons. The molecule has 0 unspecified atom stereocenters. The first-order valence-electron chi connectivity index (χ1n) is 6.26. The van der Waals surface area contributed by atoms with Gasteiger partial charge in [0.05, 0.1) is 17.1 Å². The van der Waals surface area contributed by atoms with Gasteiger partial charge in [-0.2, -0.15) is 0 Å². The predicted octanol–water partition coefficient (Wildman–Crippen LogP) is 1.53. The summed E-state index contributed by atoms with van der Waals surface area (Å²) in [6.45, 7) is 2.61. The fourth-order valence-corrected chi connectivity index (χ4v) is 1.45.